The van der Waals surface area contributed by atoms with E-state index >= 15 is 4.39 Å². The van der Waals surface area contributed by atoms with Crippen molar-refractivity contribution in [1.82, 2.24) is 5.32 Å². The lowest BCUT2D eigenvalue weighted by Gasteiger charge is -2.20. The van der Waals surface area contributed by atoms with E-state index in [4.69, 9.17) is 16.7 Å². The molecule has 1 heterocycles. The third-order valence-corrected chi connectivity index (χ3v) is 6.58. The molecule has 0 radical (unpaired) electrons. The molecule has 3 aromatic rings. The summed E-state index contributed by atoms with van der Waals surface area (Å²) in [5.41, 5.74) is 0.0404. The van der Waals surface area contributed by atoms with E-state index in [2.05, 4.69) is 10.6 Å². The summed E-state index contributed by atoms with van der Waals surface area (Å²) in [6.45, 7) is 0.123. The number of carbonyl (C=O) groups is 2. The zero-order valence-corrected chi connectivity index (χ0v) is 20.2. The highest BCUT2D eigenvalue weighted by molar-refractivity contribution is 7.88. The van der Waals surface area contributed by atoms with Gasteiger partial charge < -0.3 is 15.5 Å². The minimum Gasteiger partial charge on any atom is -0.326 e. The normalized spacial score (nSPS) is 15.7. The molecule has 188 valence electrons. The van der Waals surface area contributed by atoms with Gasteiger partial charge in [0.1, 0.15) is 11.9 Å². The first kappa shape index (κ1) is 25.5. The number of halogens is 3. The van der Waals surface area contributed by atoms with Crippen molar-refractivity contribution < 1.29 is 26.8 Å². The molecule has 0 aliphatic carbocycles. The number of sulfonamides is 1. The highest BCUT2D eigenvalue weighted by atomic mass is 35.5. The van der Waals surface area contributed by atoms with Crippen LogP contribution in [0.4, 0.5) is 25.0 Å². The van der Waals surface area contributed by atoms with E-state index in [0.29, 0.717) is 10.7 Å². The van der Waals surface area contributed by atoms with E-state index in [-0.39, 0.29) is 35.3 Å². The molecule has 1 fully saturated rings. The molecule has 3 aromatic carbocycles. The number of primary sulfonamides is 1. The Kier molecular flexibility index (Phi) is 7.25. The number of carbonyl (C=O) groups excluding carboxylic acids is 2. The summed E-state index contributed by atoms with van der Waals surface area (Å²) in [5, 5.41) is 10.8. The smallest absolute Gasteiger partial charge is 0.319 e. The van der Waals surface area contributed by atoms with Crippen LogP contribution in [0, 0.1) is 11.6 Å². The Labute approximate surface area is 211 Å². The monoisotopic (exact) mass is 534 g/mol. The summed E-state index contributed by atoms with van der Waals surface area (Å²) in [5.74, 6) is -3.03. The molecule has 0 aromatic heterocycles. The van der Waals surface area contributed by atoms with Gasteiger partial charge in [0, 0.05) is 28.4 Å². The molecule has 3 amide bonds. The fourth-order valence-electron chi connectivity index (χ4n) is 4.01. The Morgan fingerprint density at radius 2 is 1.72 bits per heavy atom. The summed E-state index contributed by atoms with van der Waals surface area (Å²) in [6.07, 6.45) is 0.229. The first-order valence-corrected chi connectivity index (χ1v) is 12.8. The lowest BCUT2D eigenvalue weighted by atomic mass is 9.98. The number of hydrogen-bond acceptors (Lipinski definition) is 4. The minimum atomic E-state index is -4.10. The maximum Gasteiger partial charge on any atom is 0.319 e. The molecule has 4 rings (SSSR count). The second-order valence-corrected chi connectivity index (χ2v) is 10.2. The zero-order valence-electron chi connectivity index (χ0n) is 18.7. The van der Waals surface area contributed by atoms with Crippen molar-refractivity contribution in [2.75, 3.05) is 16.8 Å². The van der Waals surface area contributed by atoms with Crippen LogP contribution in [0.5, 0.6) is 0 Å². The van der Waals surface area contributed by atoms with Crippen molar-refractivity contribution in [2.45, 2.75) is 18.2 Å². The number of urea groups is 1. The largest absolute Gasteiger partial charge is 0.326 e. The van der Waals surface area contributed by atoms with Crippen LogP contribution in [-0.2, 0) is 20.6 Å². The number of amides is 3. The summed E-state index contributed by atoms with van der Waals surface area (Å²) in [7, 11) is -4.10. The van der Waals surface area contributed by atoms with Crippen molar-refractivity contribution >= 4 is 44.9 Å². The second kappa shape index (κ2) is 10.2. The van der Waals surface area contributed by atoms with Crippen molar-refractivity contribution in [3.05, 3.63) is 82.9 Å². The summed E-state index contributed by atoms with van der Waals surface area (Å²) in [6, 6.07) is 12.9. The second-order valence-electron chi connectivity index (χ2n) is 8.15. The van der Waals surface area contributed by atoms with Gasteiger partial charge in [-0.25, -0.2) is 27.1 Å². The molecule has 1 saturated heterocycles. The molecule has 12 heteroatoms. The van der Waals surface area contributed by atoms with Crippen molar-refractivity contribution in [3.63, 3.8) is 0 Å². The minimum absolute atomic E-state index is 0.00652. The maximum atomic E-state index is 15.6. The van der Waals surface area contributed by atoms with E-state index in [1.54, 1.807) is 24.3 Å². The maximum absolute atomic E-state index is 15.6. The predicted molar refractivity (Wildman–Crippen MR) is 133 cm³/mol. The van der Waals surface area contributed by atoms with E-state index in [0.717, 1.165) is 6.07 Å². The first-order valence-electron chi connectivity index (χ1n) is 10.7. The number of anilines is 2. The van der Waals surface area contributed by atoms with Crippen molar-refractivity contribution in [3.8, 4) is 11.1 Å². The Bertz CT molecular complexity index is 1430. The van der Waals surface area contributed by atoms with Crippen LogP contribution in [0.2, 0.25) is 5.02 Å². The summed E-state index contributed by atoms with van der Waals surface area (Å²) >= 11 is 5.83. The Balaban J connectivity index is 1.56. The van der Waals surface area contributed by atoms with Gasteiger partial charge >= 0.3 is 6.03 Å². The number of nitrogens with two attached hydrogens (primary N) is 1. The molecule has 8 nitrogen and oxygen atoms in total. The molecule has 0 spiro atoms. The van der Waals surface area contributed by atoms with Gasteiger partial charge in [-0.1, -0.05) is 35.9 Å². The SMILES string of the molecule is NS(=O)(=O)Cc1c(F)cccc1-c1cccc(N2CCC(NC(=O)Nc3ccc(Cl)cc3)C2=O)c1F. The first-order chi connectivity index (χ1) is 17.0. The number of rotatable bonds is 6. The lowest BCUT2D eigenvalue weighted by molar-refractivity contribution is -0.118. The van der Waals surface area contributed by atoms with Gasteiger partial charge in [0.2, 0.25) is 15.9 Å². The number of benzene rings is 3. The quantitative estimate of drug-likeness (QED) is 0.442. The molecule has 1 unspecified atom stereocenters. The number of hydrogen-bond donors (Lipinski definition) is 3. The average Bonchev–Trinajstić information content (AvgIpc) is 3.16. The molecule has 0 bridgehead atoms. The van der Waals surface area contributed by atoms with Crippen molar-refractivity contribution in [1.29, 1.82) is 0 Å². The Morgan fingerprint density at radius 1 is 1.06 bits per heavy atom. The highest BCUT2D eigenvalue weighted by Gasteiger charge is 2.35. The van der Waals surface area contributed by atoms with Gasteiger partial charge in [-0.05, 0) is 48.4 Å². The van der Waals surface area contributed by atoms with E-state index in [1.807, 2.05) is 0 Å². The number of nitrogens with one attached hydrogen (secondary N) is 2. The van der Waals surface area contributed by atoms with Crippen LogP contribution in [-0.4, -0.2) is 32.9 Å². The zero-order chi connectivity index (χ0) is 26.0. The molecular formula is C24H21ClF2N4O4S. The third-order valence-electron chi connectivity index (χ3n) is 5.64. The van der Waals surface area contributed by atoms with Crippen LogP contribution < -0.4 is 20.7 Å². The molecular weight excluding hydrogens is 514 g/mol. The van der Waals surface area contributed by atoms with E-state index in [9.17, 15) is 22.4 Å². The third kappa shape index (κ3) is 5.64. The molecule has 1 aliphatic rings. The average molecular weight is 535 g/mol. The molecule has 1 atom stereocenters. The lowest BCUT2D eigenvalue weighted by Crippen LogP contribution is -2.43. The predicted octanol–water partition coefficient (Wildman–Crippen LogP) is 4.00. The van der Waals surface area contributed by atoms with E-state index in [1.165, 1.54) is 35.2 Å². The van der Waals surface area contributed by atoms with Gasteiger partial charge in [0.15, 0.2) is 5.82 Å². The van der Waals surface area contributed by atoms with Gasteiger partial charge in [-0.15, -0.1) is 0 Å². The van der Waals surface area contributed by atoms with Crippen molar-refractivity contribution in [2.24, 2.45) is 5.14 Å². The Morgan fingerprint density at radius 3 is 2.42 bits per heavy atom. The van der Waals surface area contributed by atoms with Gasteiger partial charge in [0.05, 0.1) is 11.4 Å². The molecule has 0 saturated carbocycles. The standard InChI is InChI=1S/C24H21ClF2N4O4S/c25-14-7-9-15(10-8-14)29-24(33)30-20-11-12-31(23(20)32)21-6-2-4-17(22(21)27)16-3-1-5-19(26)18(16)13-36(28,34)35/h1-10,20H,11-13H2,(H2,28,34,35)(H2,29,30,33). The van der Waals surface area contributed by atoms with Gasteiger partial charge in [0.25, 0.3) is 0 Å². The molecule has 36 heavy (non-hydrogen) atoms. The number of nitrogens with zero attached hydrogens (tertiary/aromatic N) is 1. The van der Waals surface area contributed by atoms with Crippen LogP contribution in [0.3, 0.4) is 0 Å². The molecule has 4 N–H and O–H groups in total. The highest BCUT2D eigenvalue weighted by Crippen LogP contribution is 2.35. The van der Waals surface area contributed by atoms with Crippen LogP contribution in [0.15, 0.2) is 60.7 Å². The summed E-state index contributed by atoms with van der Waals surface area (Å²) < 4.78 is 53.3. The molecule has 1 aliphatic heterocycles. The van der Waals surface area contributed by atoms with Crippen LogP contribution in [0.1, 0.15) is 12.0 Å². The van der Waals surface area contributed by atoms with Crippen LogP contribution in [0.25, 0.3) is 11.1 Å². The summed E-state index contributed by atoms with van der Waals surface area (Å²) in [4.78, 5) is 26.5. The van der Waals surface area contributed by atoms with Gasteiger partial charge in [-0.3, -0.25) is 4.79 Å². The van der Waals surface area contributed by atoms with Crippen LogP contribution >= 0.6 is 11.6 Å². The fourth-order valence-corrected chi connectivity index (χ4v) is 4.83. The van der Waals surface area contributed by atoms with Gasteiger partial charge in [-0.2, -0.15) is 0 Å². The fraction of sp³-hybridized carbons (Fsp3) is 0.167. The topological polar surface area (TPSA) is 122 Å². The van der Waals surface area contributed by atoms with E-state index < -0.39 is 45.4 Å². The Hall–Kier alpha value is -3.54.